The molecule has 0 unspecified atom stereocenters. The maximum atomic E-state index is 6.00. The number of hydrogen-bond acceptors (Lipinski definition) is 3. The van der Waals surface area contributed by atoms with E-state index in [4.69, 9.17) is 11.5 Å². The van der Waals surface area contributed by atoms with Gasteiger partial charge in [0.1, 0.15) is 5.79 Å². The van der Waals surface area contributed by atoms with Gasteiger partial charge < -0.3 is 11.5 Å². The van der Waals surface area contributed by atoms with Gasteiger partial charge in [-0.25, -0.2) is 0 Å². The molecule has 0 aliphatic heterocycles. The van der Waals surface area contributed by atoms with Crippen LogP contribution in [-0.2, 0) is 0 Å². The van der Waals surface area contributed by atoms with E-state index in [1.165, 1.54) is 32.1 Å². The summed E-state index contributed by atoms with van der Waals surface area (Å²) in [4.78, 5) is 0. The number of nitrogens with two attached hydrogens (primary N) is 2. The lowest BCUT2D eigenvalue weighted by Gasteiger charge is -2.33. The second kappa shape index (κ2) is 5.69. The van der Waals surface area contributed by atoms with Crippen molar-refractivity contribution in [3.63, 3.8) is 0 Å². The molecular weight excluding hydrogens is 174 g/mol. The summed E-state index contributed by atoms with van der Waals surface area (Å²) in [6.45, 7) is 2.16. The van der Waals surface area contributed by atoms with Gasteiger partial charge in [0.15, 0.2) is 0 Å². The van der Waals surface area contributed by atoms with Crippen LogP contribution in [0.15, 0.2) is 0 Å². The molecule has 0 bridgehead atoms. The molecule has 84 valence electrons. The Bertz CT molecular complexity index is 151. The third-order valence-corrected chi connectivity index (χ3v) is 3.02. The van der Waals surface area contributed by atoms with Gasteiger partial charge in [-0.2, -0.15) is 0 Å². The van der Waals surface area contributed by atoms with Crippen LogP contribution in [0.4, 0.5) is 0 Å². The van der Waals surface area contributed by atoms with E-state index < -0.39 is 5.79 Å². The fraction of sp³-hybridized carbons (Fsp3) is 1.00. The molecule has 1 saturated carbocycles. The van der Waals surface area contributed by atoms with Crippen LogP contribution in [0.25, 0.3) is 0 Å². The molecule has 0 aromatic rings. The second-order valence-corrected chi connectivity index (χ2v) is 4.62. The van der Waals surface area contributed by atoms with E-state index in [0.29, 0.717) is 6.04 Å². The molecule has 0 heterocycles. The first-order valence-corrected chi connectivity index (χ1v) is 5.99. The van der Waals surface area contributed by atoms with E-state index in [9.17, 15) is 0 Å². The SMILES string of the molecule is CCCCC(N)(N)NC1CCCCC1. The maximum Gasteiger partial charge on any atom is 0.118 e. The van der Waals surface area contributed by atoms with Crippen LogP contribution >= 0.6 is 0 Å². The summed E-state index contributed by atoms with van der Waals surface area (Å²) in [5, 5.41) is 3.39. The molecule has 0 aromatic heterocycles. The summed E-state index contributed by atoms with van der Waals surface area (Å²) in [6, 6.07) is 0.551. The van der Waals surface area contributed by atoms with Crippen molar-refractivity contribution in [2.24, 2.45) is 11.5 Å². The van der Waals surface area contributed by atoms with E-state index in [1.54, 1.807) is 0 Å². The summed E-state index contributed by atoms with van der Waals surface area (Å²) in [5.41, 5.74) is 12.0. The Morgan fingerprint density at radius 2 is 1.86 bits per heavy atom. The standard InChI is InChI=1S/C11H25N3/c1-2-3-9-11(12,13)14-10-7-5-4-6-8-10/h10,14H,2-9,12-13H2,1H3. The van der Waals surface area contributed by atoms with Crippen LogP contribution in [-0.4, -0.2) is 11.8 Å². The smallest absolute Gasteiger partial charge is 0.118 e. The largest absolute Gasteiger partial charge is 0.301 e. The Balaban J connectivity index is 2.25. The van der Waals surface area contributed by atoms with Gasteiger partial charge in [-0.15, -0.1) is 0 Å². The van der Waals surface area contributed by atoms with Gasteiger partial charge in [-0.05, 0) is 25.7 Å². The predicted molar refractivity (Wildman–Crippen MR) is 60.6 cm³/mol. The van der Waals surface area contributed by atoms with Gasteiger partial charge >= 0.3 is 0 Å². The van der Waals surface area contributed by atoms with Crippen molar-refractivity contribution in [1.82, 2.24) is 5.32 Å². The van der Waals surface area contributed by atoms with Crippen LogP contribution in [0.3, 0.4) is 0 Å². The summed E-state index contributed by atoms with van der Waals surface area (Å²) in [6.07, 6.45) is 9.62. The molecule has 1 aliphatic rings. The average molecular weight is 199 g/mol. The molecule has 0 spiro atoms. The van der Waals surface area contributed by atoms with Gasteiger partial charge in [-0.3, -0.25) is 5.32 Å². The molecule has 0 amide bonds. The third-order valence-electron chi connectivity index (χ3n) is 3.02. The summed E-state index contributed by atoms with van der Waals surface area (Å²) >= 11 is 0. The van der Waals surface area contributed by atoms with Crippen molar-refractivity contribution in [1.29, 1.82) is 0 Å². The molecule has 1 aliphatic carbocycles. The van der Waals surface area contributed by atoms with E-state index in [0.717, 1.165) is 19.3 Å². The first kappa shape index (κ1) is 12.0. The fourth-order valence-electron chi connectivity index (χ4n) is 2.17. The molecule has 0 radical (unpaired) electrons. The Kier molecular flexibility index (Phi) is 4.85. The molecule has 3 nitrogen and oxygen atoms in total. The fourth-order valence-corrected chi connectivity index (χ4v) is 2.17. The van der Waals surface area contributed by atoms with Crippen LogP contribution in [0, 0.1) is 0 Å². The normalized spacial score (nSPS) is 19.9. The summed E-state index contributed by atoms with van der Waals surface area (Å²) < 4.78 is 0. The molecule has 14 heavy (non-hydrogen) atoms. The Morgan fingerprint density at radius 3 is 2.43 bits per heavy atom. The van der Waals surface area contributed by atoms with E-state index in [-0.39, 0.29) is 0 Å². The first-order valence-electron chi connectivity index (χ1n) is 5.99. The maximum absolute atomic E-state index is 6.00. The van der Waals surface area contributed by atoms with E-state index in [1.807, 2.05) is 0 Å². The van der Waals surface area contributed by atoms with Gasteiger partial charge in [0.05, 0.1) is 0 Å². The molecule has 1 fully saturated rings. The number of rotatable bonds is 5. The topological polar surface area (TPSA) is 64.1 Å². The Labute approximate surface area is 87.6 Å². The zero-order valence-corrected chi connectivity index (χ0v) is 9.39. The molecule has 3 heteroatoms. The van der Waals surface area contributed by atoms with Crippen molar-refractivity contribution in [2.45, 2.75) is 70.1 Å². The highest BCUT2D eigenvalue weighted by Gasteiger charge is 2.23. The van der Waals surface area contributed by atoms with Crippen molar-refractivity contribution in [3.8, 4) is 0 Å². The van der Waals surface area contributed by atoms with Gasteiger partial charge in [0, 0.05) is 6.04 Å². The average Bonchev–Trinajstić information content (AvgIpc) is 2.16. The third kappa shape index (κ3) is 4.40. The molecular formula is C11H25N3. The van der Waals surface area contributed by atoms with Crippen LogP contribution in [0.2, 0.25) is 0 Å². The van der Waals surface area contributed by atoms with Crippen molar-refractivity contribution < 1.29 is 0 Å². The molecule has 5 N–H and O–H groups in total. The summed E-state index contributed by atoms with van der Waals surface area (Å²) in [7, 11) is 0. The number of unbranched alkanes of at least 4 members (excludes halogenated alkanes) is 1. The lowest BCUT2D eigenvalue weighted by molar-refractivity contribution is 0.240. The summed E-state index contributed by atoms with van der Waals surface area (Å²) in [5.74, 6) is -0.641. The monoisotopic (exact) mass is 199 g/mol. The lowest BCUT2D eigenvalue weighted by atomic mass is 9.94. The number of hydrogen-bond donors (Lipinski definition) is 3. The van der Waals surface area contributed by atoms with Crippen LogP contribution in [0.1, 0.15) is 58.3 Å². The zero-order chi connectivity index (χ0) is 10.4. The van der Waals surface area contributed by atoms with Gasteiger partial charge in [-0.1, -0.05) is 32.6 Å². The van der Waals surface area contributed by atoms with Crippen LogP contribution < -0.4 is 16.8 Å². The molecule has 0 aromatic carbocycles. The minimum atomic E-state index is -0.641. The van der Waals surface area contributed by atoms with E-state index >= 15 is 0 Å². The second-order valence-electron chi connectivity index (χ2n) is 4.62. The predicted octanol–water partition coefficient (Wildman–Crippen LogP) is 1.67. The molecule has 0 atom stereocenters. The van der Waals surface area contributed by atoms with Crippen molar-refractivity contribution >= 4 is 0 Å². The minimum Gasteiger partial charge on any atom is -0.301 e. The highest BCUT2D eigenvalue weighted by atomic mass is 15.2. The highest BCUT2D eigenvalue weighted by Crippen LogP contribution is 2.18. The minimum absolute atomic E-state index is 0.551. The van der Waals surface area contributed by atoms with Crippen molar-refractivity contribution in [2.75, 3.05) is 0 Å². The Hall–Kier alpha value is -0.120. The lowest BCUT2D eigenvalue weighted by Crippen LogP contribution is -2.64. The van der Waals surface area contributed by atoms with Gasteiger partial charge in [0.25, 0.3) is 0 Å². The van der Waals surface area contributed by atoms with Gasteiger partial charge in [0.2, 0.25) is 0 Å². The Morgan fingerprint density at radius 1 is 1.21 bits per heavy atom. The quantitative estimate of drug-likeness (QED) is 0.590. The molecule has 1 rings (SSSR count). The first-order chi connectivity index (χ1) is 6.64. The van der Waals surface area contributed by atoms with Crippen LogP contribution in [0.5, 0.6) is 0 Å². The number of nitrogens with one attached hydrogen (secondary N) is 1. The zero-order valence-electron chi connectivity index (χ0n) is 9.39. The van der Waals surface area contributed by atoms with E-state index in [2.05, 4.69) is 12.2 Å². The van der Waals surface area contributed by atoms with Crippen molar-refractivity contribution in [3.05, 3.63) is 0 Å². The highest BCUT2D eigenvalue weighted by molar-refractivity contribution is 4.81. The molecule has 0 saturated heterocycles.